The summed E-state index contributed by atoms with van der Waals surface area (Å²) in [6.45, 7) is 0. The molecule has 92 valence electrons. The summed E-state index contributed by atoms with van der Waals surface area (Å²) in [5.74, 6) is -1.22. The van der Waals surface area contributed by atoms with E-state index in [0.29, 0.717) is 11.5 Å². The molecule has 0 fully saturated rings. The Morgan fingerprint density at radius 2 is 2.06 bits per heavy atom. The molecule has 0 aliphatic rings. The number of nitrogens with zero attached hydrogens (tertiary/aromatic N) is 2. The van der Waals surface area contributed by atoms with Gasteiger partial charge in [-0.25, -0.2) is 14.6 Å². The Morgan fingerprint density at radius 1 is 1.28 bits per heavy atom. The molecule has 0 spiro atoms. The van der Waals surface area contributed by atoms with Crippen molar-refractivity contribution in [2.24, 2.45) is 0 Å². The maximum atomic E-state index is 11.2. The summed E-state index contributed by atoms with van der Waals surface area (Å²) >= 11 is 0. The zero-order valence-corrected chi connectivity index (χ0v) is 9.38. The summed E-state index contributed by atoms with van der Waals surface area (Å²) in [5, 5.41) is 8.73. The number of carboxylic acids is 1. The maximum absolute atomic E-state index is 11.2. The average molecular weight is 247 g/mol. The van der Waals surface area contributed by atoms with E-state index in [1.165, 1.54) is 31.6 Å². The molecule has 0 saturated carbocycles. The van der Waals surface area contributed by atoms with Crippen LogP contribution in [0.25, 0.3) is 11.5 Å². The third-order valence-electron chi connectivity index (χ3n) is 2.23. The smallest absolute Gasteiger partial charge is 0.356 e. The normalized spacial score (nSPS) is 10.1. The summed E-state index contributed by atoms with van der Waals surface area (Å²) < 4.78 is 4.53. The zero-order chi connectivity index (χ0) is 13.1. The Kier molecular flexibility index (Phi) is 3.05. The molecule has 0 aliphatic heterocycles. The summed E-state index contributed by atoms with van der Waals surface area (Å²) in [7, 11) is 1.27. The second-order valence-corrected chi connectivity index (χ2v) is 3.37. The lowest BCUT2D eigenvalue weighted by Gasteiger charge is -1.97. The molecule has 0 atom stereocenters. The van der Waals surface area contributed by atoms with Crippen molar-refractivity contribution in [1.82, 2.24) is 15.0 Å². The van der Waals surface area contributed by atoms with Gasteiger partial charge in [-0.1, -0.05) is 0 Å². The van der Waals surface area contributed by atoms with Crippen molar-refractivity contribution in [3.8, 4) is 11.5 Å². The number of H-pyrrole nitrogens is 1. The van der Waals surface area contributed by atoms with Crippen molar-refractivity contribution in [3.63, 3.8) is 0 Å². The highest BCUT2D eigenvalue weighted by Gasteiger charge is 2.11. The van der Waals surface area contributed by atoms with Crippen LogP contribution < -0.4 is 0 Å². The number of aromatic nitrogens is 3. The lowest BCUT2D eigenvalue weighted by molar-refractivity contribution is 0.0594. The summed E-state index contributed by atoms with van der Waals surface area (Å²) in [5.41, 5.74) is 0.727. The van der Waals surface area contributed by atoms with E-state index < -0.39 is 11.9 Å². The number of pyridine rings is 1. The minimum atomic E-state index is -1.05. The number of aromatic carboxylic acids is 1. The number of carbonyl (C=O) groups excluding carboxylic acids is 1. The van der Waals surface area contributed by atoms with Crippen LogP contribution in [-0.4, -0.2) is 39.1 Å². The first-order valence-electron chi connectivity index (χ1n) is 4.95. The van der Waals surface area contributed by atoms with Crippen LogP contribution in [0.5, 0.6) is 0 Å². The number of hydrogen-bond donors (Lipinski definition) is 2. The van der Waals surface area contributed by atoms with Crippen molar-refractivity contribution in [2.45, 2.75) is 0 Å². The van der Waals surface area contributed by atoms with E-state index in [2.05, 4.69) is 19.7 Å². The van der Waals surface area contributed by atoms with E-state index in [0.717, 1.165) is 0 Å². The van der Waals surface area contributed by atoms with Crippen molar-refractivity contribution in [3.05, 3.63) is 35.8 Å². The van der Waals surface area contributed by atoms with Crippen LogP contribution in [0.15, 0.2) is 24.5 Å². The second-order valence-electron chi connectivity index (χ2n) is 3.37. The van der Waals surface area contributed by atoms with Gasteiger partial charge in [0.15, 0.2) is 5.82 Å². The highest BCUT2D eigenvalue weighted by atomic mass is 16.5. The quantitative estimate of drug-likeness (QED) is 0.782. The van der Waals surface area contributed by atoms with Gasteiger partial charge in [0.25, 0.3) is 0 Å². The minimum absolute atomic E-state index is 0.0819. The van der Waals surface area contributed by atoms with Gasteiger partial charge in [-0.3, -0.25) is 4.98 Å². The van der Waals surface area contributed by atoms with Gasteiger partial charge < -0.3 is 14.8 Å². The predicted molar refractivity (Wildman–Crippen MR) is 60.1 cm³/mol. The number of nitrogens with one attached hydrogen (secondary N) is 1. The van der Waals surface area contributed by atoms with Gasteiger partial charge in [0.1, 0.15) is 11.4 Å². The first-order valence-corrected chi connectivity index (χ1v) is 4.95. The van der Waals surface area contributed by atoms with Crippen LogP contribution >= 0.6 is 0 Å². The molecule has 0 unspecified atom stereocenters. The molecule has 2 heterocycles. The van der Waals surface area contributed by atoms with Crippen molar-refractivity contribution < 1.29 is 19.4 Å². The molecule has 0 aliphatic carbocycles. The minimum Gasteiger partial charge on any atom is -0.478 e. The van der Waals surface area contributed by atoms with E-state index in [1.807, 2.05) is 0 Å². The molecule has 0 amide bonds. The molecule has 0 aromatic carbocycles. The average Bonchev–Trinajstić information content (AvgIpc) is 2.87. The van der Waals surface area contributed by atoms with Crippen LogP contribution in [-0.2, 0) is 4.74 Å². The van der Waals surface area contributed by atoms with E-state index in [-0.39, 0.29) is 11.3 Å². The SMILES string of the molecule is COC(=O)c1cnc(-c2ccc(C(=O)O)cn2)[nH]1. The molecule has 7 heteroatoms. The van der Waals surface area contributed by atoms with Crippen LogP contribution in [0, 0.1) is 0 Å². The van der Waals surface area contributed by atoms with Gasteiger partial charge in [0.2, 0.25) is 0 Å². The number of esters is 1. The van der Waals surface area contributed by atoms with E-state index in [4.69, 9.17) is 5.11 Å². The Labute approximate surface area is 101 Å². The maximum Gasteiger partial charge on any atom is 0.356 e. The molecule has 0 radical (unpaired) electrons. The molecular weight excluding hydrogens is 238 g/mol. The summed E-state index contributed by atoms with van der Waals surface area (Å²) in [6.07, 6.45) is 2.55. The number of carboxylic acid groups (broad SMARTS) is 1. The molecule has 2 N–H and O–H groups in total. The standard InChI is InChI=1S/C11H9N3O4/c1-18-11(17)8-5-13-9(14-8)7-3-2-6(4-12-7)10(15)16/h2-5H,1H3,(H,13,14)(H,15,16). The van der Waals surface area contributed by atoms with Gasteiger partial charge in [-0.15, -0.1) is 0 Å². The van der Waals surface area contributed by atoms with Crippen LogP contribution in [0.3, 0.4) is 0 Å². The van der Waals surface area contributed by atoms with Crippen molar-refractivity contribution in [1.29, 1.82) is 0 Å². The molecular formula is C11H9N3O4. The summed E-state index contributed by atoms with van der Waals surface area (Å²) in [4.78, 5) is 32.5. The monoisotopic (exact) mass is 247 g/mol. The largest absolute Gasteiger partial charge is 0.478 e. The predicted octanol–water partition coefficient (Wildman–Crippen LogP) is 0.956. The zero-order valence-electron chi connectivity index (χ0n) is 9.38. The van der Waals surface area contributed by atoms with E-state index >= 15 is 0 Å². The third-order valence-corrected chi connectivity index (χ3v) is 2.23. The third kappa shape index (κ3) is 2.19. The first-order chi connectivity index (χ1) is 8.61. The lowest BCUT2D eigenvalue weighted by Crippen LogP contribution is -2.01. The Morgan fingerprint density at radius 3 is 2.61 bits per heavy atom. The topological polar surface area (TPSA) is 105 Å². The molecule has 2 aromatic heterocycles. The number of aromatic amines is 1. The van der Waals surface area contributed by atoms with Crippen LogP contribution in [0.2, 0.25) is 0 Å². The van der Waals surface area contributed by atoms with Gasteiger partial charge >= 0.3 is 11.9 Å². The Bertz CT molecular complexity index is 589. The second kappa shape index (κ2) is 4.66. The molecule has 2 aromatic rings. The number of methoxy groups -OCH3 is 1. The van der Waals surface area contributed by atoms with Crippen molar-refractivity contribution >= 4 is 11.9 Å². The fraction of sp³-hybridized carbons (Fsp3) is 0.0909. The van der Waals surface area contributed by atoms with Crippen LogP contribution in [0.4, 0.5) is 0 Å². The van der Waals surface area contributed by atoms with Crippen LogP contribution in [0.1, 0.15) is 20.8 Å². The Balaban J connectivity index is 2.29. The fourth-order valence-corrected chi connectivity index (χ4v) is 1.33. The number of rotatable bonds is 3. The number of carbonyl (C=O) groups is 2. The fourth-order valence-electron chi connectivity index (χ4n) is 1.33. The molecule has 18 heavy (non-hydrogen) atoms. The van der Waals surface area contributed by atoms with Gasteiger partial charge in [0, 0.05) is 6.20 Å². The molecule has 7 nitrogen and oxygen atoms in total. The summed E-state index contributed by atoms with van der Waals surface area (Å²) in [6, 6.07) is 2.91. The van der Waals surface area contributed by atoms with Gasteiger partial charge in [-0.05, 0) is 12.1 Å². The molecule has 0 saturated heterocycles. The number of hydrogen-bond acceptors (Lipinski definition) is 5. The highest BCUT2D eigenvalue weighted by Crippen LogP contribution is 2.13. The highest BCUT2D eigenvalue weighted by molar-refractivity contribution is 5.88. The van der Waals surface area contributed by atoms with E-state index in [1.54, 1.807) is 0 Å². The number of ether oxygens (including phenoxy) is 1. The first kappa shape index (κ1) is 11.8. The lowest BCUT2D eigenvalue weighted by atomic mass is 10.2. The van der Waals surface area contributed by atoms with Crippen molar-refractivity contribution in [2.75, 3.05) is 7.11 Å². The van der Waals surface area contributed by atoms with E-state index in [9.17, 15) is 9.59 Å². The number of imidazole rings is 1. The van der Waals surface area contributed by atoms with Gasteiger partial charge in [0.05, 0.1) is 18.9 Å². The molecule has 0 bridgehead atoms. The van der Waals surface area contributed by atoms with Gasteiger partial charge in [-0.2, -0.15) is 0 Å². The molecule has 2 rings (SSSR count). The Hall–Kier alpha value is -2.70.